The molecule has 0 fully saturated rings. The zero-order chi connectivity index (χ0) is 14.3. The zero-order valence-electron chi connectivity index (χ0n) is 11.7. The fourth-order valence-electron chi connectivity index (χ4n) is 1.69. The predicted molar refractivity (Wildman–Crippen MR) is 74.0 cm³/mol. The van der Waals surface area contributed by atoms with Crippen LogP contribution in [0, 0.1) is 0 Å². The quantitative estimate of drug-likeness (QED) is 0.754. The van der Waals surface area contributed by atoms with Gasteiger partial charge in [-0.2, -0.15) is 0 Å². The Morgan fingerprint density at radius 3 is 2.53 bits per heavy atom. The summed E-state index contributed by atoms with van der Waals surface area (Å²) in [5.74, 6) is -0.188. The fraction of sp³-hybridized carbons (Fsp3) is 0.500. The number of benzene rings is 1. The number of aliphatic hydroxyl groups excluding tert-OH is 1. The maximum Gasteiger partial charge on any atom is 0.251 e. The van der Waals surface area contributed by atoms with Crippen LogP contribution in [0.2, 0.25) is 0 Å². The van der Waals surface area contributed by atoms with Gasteiger partial charge in [0.05, 0.1) is 12.7 Å². The molecule has 1 amide bonds. The van der Waals surface area contributed by atoms with Gasteiger partial charge in [-0.3, -0.25) is 4.79 Å². The normalized spacial score (nSPS) is 12.5. The number of rotatable bonds is 7. The maximum atomic E-state index is 11.8. The van der Waals surface area contributed by atoms with Crippen LogP contribution in [0.1, 0.15) is 15.9 Å². The van der Waals surface area contributed by atoms with Crippen molar-refractivity contribution in [2.45, 2.75) is 12.6 Å². The number of methoxy groups -OCH3 is 1. The Balaban J connectivity index is 2.48. The molecule has 0 aliphatic carbocycles. The number of nitrogens with zero attached hydrogens (tertiary/aromatic N) is 1. The molecule has 0 heterocycles. The second kappa shape index (κ2) is 7.89. The van der Waals surface area contributed by atoms with Crippen LogP contribution in [-0.2, 0) is 11.3 Å². The van der Waals surface area contributed by atoms with Crippen molar-refractivity contribution in [1.29, 1.82) is 0 Å². The molecule has 1 rings (SSSR count). The molecule has 19 heavy (non-hydrogen) atoms. The van der Waals surface area contributed by atoms with Crippen molar-refractivity contribution in [3.63, 3.8) is 0 Å². The molecular formula is C14H22N2O3. The summed E-state index contributed by atoms with van der Waals surface area (Å²) in [7, 11) is 5.50. The first-order valence-electron chi connectivity index (χ1n) is 6.21. The molecular weight excluding hydrogens is 244 g/mol. The first-order valence-corrected chi connectivity index (χ1v) is 6.21. The van der Waals surface area contributed by atoms with Crippen LogP contribution in [0.25, 0.3) is 0 Å². The molecule has 0 aliphatic rings. The van der Waals surface area contributed by atoms with E-state index in [0.717, 1.165) is 12.1 Å². The van der Waals surface area contributed by atoms with E-state index in [1.54, 1.807) is 12.1 Å². The van der Waals surface area contributed by atoms with Crippen LogP contribution in [0.15, 0.2) is 24.3 Å². The number of hydrogen-bond donors (Lipinski definition) is 2. The van der Waals surface area contributed by atoms with E-state index in [0.29, 0.717) is 5.56 Å². The minimum atomic E-state index is -0.679. The van der Waals surface area contributed by atoms with E-state index in [2.05, 4.69) is 10.2 Å². The molecule has 1 aromatic rings. The highest BCUT2D eigenvalue weighted by Crippen LogP contribution is 2.06. The largest absolute Gasteiger partial charge is 0.389 e. The van der Waals surface area contributed by atoms with E-state index < -0.39 is 6.10 Å². The Bertz CT molecular complexity index is 390. The van der Waals surface area contributed by atoms with Crippen LogP contribution in [0.5, 0.6) is 0 Å². The molecule has 0 radical (unpaired) electrons. The molecule has 1 unspecified atom stereocenters. The van der Waals surface area contributed by atoms with Crippen molar-refractivity contribution < 1.29 is 14.6 Å². The van der Waals surface area contributed by atoms with Crippen LogP contribution in [0.3, 0.4) is 0 Å². The highest BCUT2D eigenvalue weighted by atomic mass is 16.5. The van der Waals surface area contributed by atoms with Crippen molar-refractivity contribution in [2.75, 3.05) is 34.4 Å². The summed E-state index contributed by atoms with van der Waals surface area (Å²) in [6, 6.07) is 7.44. The molecule has 0 aromatic heterocycles. The molecule has 5 heteroatoms. The van der Waals surface area contributed by atoms with Crippen LogP contribution in [0.4, 0.5) is 0 Å². The van der Waals surface area contributed by atoms with Gasteiger partial charge in [0.25, 0.3) is 5.91 Å². The van der Waals surface area contributed by atoms with Gasteiger partial charge in [-0.15, -0.1) is 0 Å². The molecule has 1 atom stereocenters. The smallest absolute Gasteiger partial charge is 0.251 e. The second-order valence-corrected chi connectivity index (χ2v) is 4.75. The van der Waals surface area contributed by atoms with E-state index in [9.17, 15) is 9.90 Å². The Kier molecular flexibility index (Phi) is 6.49. The summed E-state index contributed by atoms with van der Waals surface area (Å²) in [4.78, 5) is 13.9. The number of amides is 1. The lowest BCUT2D eigenvalue weighted by atomic mass is 10.1. The van der Waals surface area contributed by atoms with Gasteiger partial charge in [0.2, 0.25) is 0 Å². The Labute approximate surface area is 114 Å². The molecule has 2 N–H and O–H groups in total. The standard InChI is InChI=1S/C14H22N2O3/c1-16(2)9-11-4-6-12(7-5-11)14(18)15-8-13(17)10-19-3/h4-7,13,17H,8-10H2,1-3H3,(H,15,18). The molecule has 106 valence electrons. The van der Waals surface area contributed by atoms with Crippen molar-refractivity contribution >= 4 is 5.91 Å². The lowest BCUT2D eigenvalue weighted by Gasteiger charge is -2.12. The monoisotopic (exact) mass is 266 g/mol. The lowest BCUT2D eigenvalue weighted by Crippen LogP contribution is -2.34. The molecule has 1 aromatic carbocycles. The molecule has 0 saturated carbocycles. The summed E-state index contributed by atoms with van der Waals surface area (Å²) < 4.78 is 4.79. The predicted octanol–water partition coefficient (Wildman–Crippen LogP) is 0.485. The highest BCUT2D eigenvalue weighted by molar-refractivity contribution is 5.94. The van der Waals surface area contributed by atoms with E-state index in [1.165, 1.54) is 7.11 Å². The van der Waals surface area contributed by atoms with Gasteiger partial charge in [-0.05, 0) is 31.8 Å². The summed E-state index contributed by atoms with van der Waals surface area (Å²) in [6.07, 6.45) is -0.679. The fourth-order valence-corrected chi connectivity index (χ4v) is 1.69. The minimum absolute atomic E-state index is 0.187. The first kappa shape index (κ1) is 15.6. The molecule has 0 saturated heterocycles. The van der Waals surface area contributed by atoms with Crippen LogP contribution < -0.4 is 5.32 Å². The third-order valence-corrected chi connectivity index (χ3v) is 2.57. The summed E-state index contributed by atoms with van der Waals surface area (Å²) in [6.45, 7) is 1.24. The first-order chi connectivity index (χ1) is 9.02. The van der Waals surface area contributed by atoms with E-state index >= 15 is 0 Å². The Morgan fingerprint density at radius 2 is 2.00 bits per heavy atom. The maximum absolute atomic E-state index is 11.8. The van der Waals surface area contributed by atoms with Crippen LogP contribution in [-0.4, -0.2) is 56.4 Å². The average molecular weight is 266 g/mol. The van der Waals surface area contributed by atoms with Crippen LogP contribution >= 0.6 is 0 Å². The van der Waals surface area contributed by atoms with Crippen molar-refractivity contribution in [3.05, 3.63) is 35.4 Å². The number of ether oxygens (including phenoxy) is 1. The average Bonchev–Trinajstić information content (AvgIpc) is 2.36. The number of aliphatic hydroxyl groups is 1. The Morgan fingerprint density at radius 1 is 1.37 bits per heavy atom. The van der Waals surface area contributed by atoms with E-state index in [-0.39, 0.29) is 19.1 Å². The zero-order valence-corrected chi connectivity index (χ0v) is 11.7. The third-order valence-electron chi connectivity index (χ3n) is 2.57. The van der Waals surface area contributed by atoms with Crippen molar-refractivity contribution in [3.8, 4) is 0 Å². The number of carbonyl (C=O) groups excluding carboxylic acids is 1. The molecule has 0 spiro atoms. The van der Waals surface area contributed by atoms with E-state index in [1.807, 2.05) is 26.2 Å². The van der Waals surface area contributed by atoms with Crippen molar-refractivity contribution in [2.24, 2.45) is 0 Å². The minimum Gasteiger partial charge on any atom is -0.389 e. The van der Waals surface area contributed by atoms with Gasteiger partial charge in [-0.1, -0.05) is 12.1 Å². The molecule has 5 nitrogen and oxygen atoms in total. The summed E-state index contributed by atoms with van der Waals surface area (Å²) in [5, 5.41) is 12.1. The lowest BCUT2D eigenvalue weighted by molar-refractivity contribution is 0.0610. The number of hydrogen-bond acceptors (Lipinski definition) is 4. The topological polar surface area (TPSA) is 61.8 Å². The van der Waals surface area contributed by atoms with Gasteiger partial charge in [-0.25, -0.2) is 0 Å². The molecule has 0 bridgehead atoms. The van der Waals surface area contributed by atoms with Gasteiger partial charge >= 0.3 is 0 Å². The molecule has 0 aliphatic heterocycles. The van der Waals surface area contributed by atoms with Crippen molar-refractivity contribution in [1.82, 2.24) is 10.2 Å². The number of nitrogens with one attached hydrogen (secondary N) is 1. The SMILES string of the molecule is COCC(O)CNC(=O)c1ccc(CN(C)C)cc1. The van der Waals surface area contributed by atoms with Gasteiger partial charge in [0.1, 0.15) is 0 Å². The third kappa shape index (κ3) is 5.83. The summed E-state index contributed by atoms with van der Waals surface area (Å²) in [5.41, 5.74) is 1.74. The van der Waals surface area contributed by atoms with Gasteiger partial charge in [0, 0.05) is 25.8 Å². The summed E-state index contributed by atoms with van der Waals surface area (Å²) >= 11 is 0. The second-order valence-electron chi connectivity index (χ2n) is 4.75. The van der Waals surface area contributed by atoms with E-state index in [4.69, 9.17) is 4.74 Å². The Hall–Kier alpha value is -1.43. The number of carbonyl (C=O) groups is 1. The highest BCUT2D eigenvalue weighted by Gasteiger charge is 2.08. The van der Waals surface area contributed by atoms with Gasteiger partial charge in [0.15, 0.2) is 0 Å². The van der Waals surface area contributed by atoms with Gasteiger partial charge < -0.3 is 20.1 Å².